The standard InChI is InChI=1S/C12H27INPS/c1-10(2,3)15(14-16-13,11(4,5)6)12(7,8)9/h1-9H3. The van der Waals surface area contributed by atoms with Gasteiger partial charge in [0.25, 0.3) is 0 Å². The highest BCUT2D eigenvalue weighted by Crippen LogP contribution is 2.77. The highest BCUT2D eigenvalue weighted by molar-refractivity contribution is 14.2. The van der Waals surface area contributed by atoms with Crippen LogP contribution in [-0.4, -0.2) is 15.5 Å². The molecule has 0 aliphatic carbocycles. The molecule has 0 heterocycles. The van der Waals surface area contributed by atoms with Crippen LogP contribution >= 0.6 is 37.4 Å². The van der Waals surface area contributed by atoms with Crippen LogP contribution in [0.25, 0.3) is 0 Å². The molecule has 0 fully saturated rings. The molecule has 0 aromatic rings. The van der Waals surface area contributed by atoms with Gasteiger partial charge in [0.2, 0.25) is 0 Å². The van der Waals surface area contributed by atoms with Crippen molar-refractivity contribution in [3.8, 4) is 0 Å². The Hall–Kier alpha value is 1.31. The maximum atomic E-state index is 5.08. The van der Waals surface area contributed by atoms with Gasteiger partial charge in [-0.25, -0.2) is 4.15 Å². The van der Waals surface area contributed by atoms with E-state index in [0.717, 1.165) is 0 Å². The van der Waals surface area contributed by atoms with E-state index in [1.165, 1.54) is 0 Å². The third kappa shape index (κ3) is 3.00. The Morgan fingerprint density at radius 3 is 1.06 bits per heavy atom. The van der Waals surface area contributed by atoms with Gasteiger partial charge < -0.3 is 0 Å². The van der Waals surface area contributed by atoms with Crippen molar-refractivity contribution >= 4 is 37.4 Å². The number of nitrogens with zero attached hydrogens (tertiary/aromatic N) is 1. The van der Waals surface area contributed by atoms with E-state index in [9.17, 15) is 0 Å². The lowest BCUT2D eigenvalue weighted by atomic mass is 10.2. The smallest absolute Gasteiger partial charge is 0.0452 e. The molecule has 0 N–H and O–H groups in total. The van der Waals surface area contributed by atoms with Crippen LogP contribution in [0.3, 0.4) is 0 Å². The van der Waals surface area contributed by atoms with E-state index in [-0.39, 0.29) is 15.5 Å². The van der Waals surface area contributed by atoms with E-state index in [2.05, 4.69) is 83.5 Å². The van der Waals surface area contributed by atoms with Gasteiger partial charge in [-0.2, -0.15) is 0 Å². The zero-order chi connectivity index (χ0) is 13.4. The molecule has 0 saturated heterocycles. The Morgan fingerprint density at radius 2 is 1.00 bits per heavy atom. The average molecular weight is 375 g/mol. The average Bonchev–Trinajstić information content (AvgIpc) is 1.91. The summed E-state index contributed by atoms with van der Waals surface area (Å²) in [7, 11) is 0.166. The first-order valence-corrected chi connectivity index (χ1v) is 10.8. The Balaban J connectivity index is 6.18. The summed E-state index contributed by atoms with van der Waals surface area (Å²) >= 11 is 2.31. The Kier molecular flexibility index (Phi) is 5.55. The monoisotopic (exact) mass is 375 g/mol. The predicted molar refractivity (Wildman–Crippen MR) is 90.2 cm³/mol. The minimum Gasteiger partial charge on any atom is -0.224 e. The molecule has 0 unspecified atom stereocenters. The summed E-state index contributed by atoms with van der Waals surface area (Å²) in [6, 6.07) is 0. The SMILES string of the molecule is CC(C)(C)P(=NSI)(C(C)(C)C)C(C)(C)C. The largest absolute Gasteiger partial charge is 0.224 e. The topological polar surface area (TPSA) is 12.4 Å². The van der Waals surface area contributed by atoms with E-state index in [1.54, 1.807) is 9.12 Å². The minimum atomic E-state index is -1.47. The van der Waals surface area contributed by atoms with Gasteiger partial charge in [-0.05, 0) is 15.5 Å². The lowest BCUT2D eigenvalue weighted by molar-refractivity contribution is 0.631. The molecule has 4 heteroatoms. The molecular weight excluding hydrogens is 348 g/mol. The third-order valence-electron chi connectivity index (χ3n) is 3.07. The lowest BCUT2D eigenvalue weighted by Gasteiger charge is -2.53. The van der Waals surface area contributed by atoms with Crippen LogP contribution in [0.5, 0.6) is 0 Å². The zero-order valence-corrected chi connectivity index (χ0v) is 16.0. The van der Waals surface area contributed by atoms with E-state index in [1.807, 2.05) is 0 Å². The van der Waals surface area contributed by atoms with Crippen LogP contribution in [0.1, 0.15) is 62.3 Å². The van der Waals surface area contributed by atoms with Crippen molar-refractivity contribution in [1.82, 2.24) is 0 Å². The van der Waals surface area contributed by atoms with Crippen molar-refractivity contribution in [3.63, 3.8) is 0 Å². The normalized spacial score (nSPS) is 15.1. The highest BCUT2D eigenvalue weighted by Gasteiger charge is 2.50. The lowest BCUT2D eigenvalue weighted by Crippen LogP contribution is -2.38. The molecule has 0 aromatic carbocycles. The molecule has 0 aliphatic rings. The molecule has 0 saturated carbocycles. The molecule has 0 spiro atoms. The molecular formula is C12H27INPS. The summed E-state index contributed by atoms with van der Waals surface area (Å²) in [5.41, 5.74) is 0. The molecule has 1 nitrogen and oxygen atoms in total. The number of halogens is 1. The van der Waals surface area contributed by atoms with Crippen molar-refractivity contribution in [3.05, 3.63) is 0 Å². The van der Waals surface area contributed by atoms with Crippen molar-refractivity contribution in [2.75, 3.05) is 0 Å². The van der Waals surface area contributed by atoms with E-state index in [4.69, 9.17) is 4.15 Å². The highest BCUT2D eigenvalue weighted by atomic mass is 127. The van der Waals surface area contributed by atoms with Gasteiger partial charge in [-0.15, -0.1) is 0 Å². The van der Waals surface area contributed by atoms with E-state index < -0.39 is 7.05 Å². The van der Waals surface area contributed by atoms with Crippen molar-refractivity contribution in [1.29, 1.82) is 0 Å². The number of rotatable bonds is 1. The van der Waals surface area contributed by atoms with Gasteiger partial charge in [0.1, 0.15) is 0 Å². The first kappa shape index (κ1) is 17.3. The Labute approximate surface area is 119 Å². The minimum absolute atomic E-state index is 0.252. The molecule has 0 rings (SSSR count). The van der Waals surface area contributed by atoms with Crippen LogP contribution in [0, 0.1) is 0 Å². The fraction of sp³-hybridized carbons (Fsp3) is 1.00. The molecule has 0 bridgehead atoms. The maximum Gasteiger partial charge on any atom is 0.0452 e. The zero-order valence-electron chi connectivity index (χ0n) is 12.2. The summed E-state index contributed by atoms with van der Waals surface area (Å²) in [6.45, 7) is 21.2. The fourth-order valence-corrected chi connectivity index (χ4v) is 15.2. The Bertz CT molecular complexity index is 249. The van der Waals surface area contributed by atoms with Gasteiger partial charge in [-0.3, -0.25) is 0 Å². The summed E-state index contributed by atoms with van der Waals surface area (Å²) in [6.07, 6.45) is 0. The van der Waals surface area contributed by atoms with Gasteiger partial charge in [0.15, 0.2) is 0 Å². The molecule has 0 amide bonds. The first-order valence-electron chi connectivity index (χ1n) is 5.71. The number of hydrogen-bond donors (Lipinski definition) is 0. The maximum absolute atomic E-state index is 5.08. The van der Waals surface area contributed by atoms with Gasteiger partial charge in [0.05, 0.1) is 0 Å². The first-order chi connectivity index (χ1) is 6.81. The molecule has 0 atom stereocenters. The van der Waals surface area contributed by atoms with Gasteiger partial charge >= 0.3 is 0 Å². The van der Waals surface area contributed by atoms with Crippen molar-refractivity contribution < 1.29 is 0 Å². The molecule has 0 radical (unpaired) electrons. The predicted octanol–water partition coefficient (Wildman–Crippen LogP) is 6.58. The molecule has 0 aliphatic heterocycles. The van der Waals surface area contributed by atoms with Gasteiger partial charge in [-0.1, -0.05) is 62.3 Å². The second kappa shape index (κ2) is 5.13. The van der Waals surface area contributed by atoms with Crippen molar-refractivity contribution in [2.45, 2.75) is 77.8 Å². The molecule has 0 aromatic heterocycles. The van der Waals surface area contributed by atoms with Gasteiger partial charge in [0, 0.05) is 37.4 Å². The summed E-state index contributed by atoms with van der Waals surface area (Å²) in [4.78, 5) is 0. The number of hydrogen-bond acceptors (Lipinski definition) is 2. The van der Waals surface area contributed by atoms with E-state index in [0.29, 0.717) is 0 Å². The second-order valence-electron chi connectivity index (χ2n) is 7.30. The summed E-state index contributed by atoms with van der Waals surface area (Å²) in [5, 5.41) is 0.755. The summed E-state index contributed by atoms with van der Waals surface area (Å²) in [5.74, 6) is 0. The van der Waals surface area contributed by atoms with Crippen LogP contribution in [-0.2, 0) is 0 Å². The van der Waals surface area contributed by atoms with Crippen LogP contribution in [0.2, 0.25) is 0 Å². The second-order valence-corrected chi connectivity index (χ2v) is 14.6. The molecule has 16 heavy (non-hydrogen) atoms. The third-order valence-corrected chi connectivity index (χ3v) is 11.7. The van der Waals surface area contributed by atoms with Crippen LogP contribution in [0.4, 0.5) is 0 Å². The van der Waals surface area contributed by atoms with E-state index >= 15 is 0 Å². The van der Waals surface area contributed by atoms with Crippen molar-refractivity contribution in [2.24, 2.45) is 4.15 Å². The van der Waals surface area contributed by atoms with Crippen LogP contribution < -0.4 is 0 Å². The molecule has 98 valence electrons. The van der Waals surface area contributed by atoms with Crippen LogP contribution in [0.15, 0.2) is 4.15 Å². The fourth-order valence-electron chi connectivity index (χ4n) is 3.43. The quantitative estimate of drug-likeness (QED) is 0.286. The Morgan fingerprint density at radius 1 is 0.750 bits per heavy atom. The summed E-state index contributed by atoms with van der Waals surface area (Å²) < 4.78 is 5.08.